The number of aliphatic hydroxyl groups is 1. The highest BCUT2D eigenvalue weighted by molar-refractivity contribution is 5.58. The molecule has 1 saturated heterocycles. The van der Waals surface area contributed by atoms with Gasteiger partial charge in [-0.3, -0.25) is 10.1 Å². The molecule has 20 heavy (non-hydrogen) atoms. The van der Waals surface area contributed by atoms with Gasteiger partial charge in [-0.15, -0.1) is 0 Å². The molecule has 0 aliphatic carbocycles. The second-order valence-electron chi connectivity index (χ2n) is 4.61. The first-order valence-corrected chi connectivity index (χ1v) is 6.13. The van der Waals surface area contributed by atoms with E-state index in [9.17, 15) is 15.2 Å². The fourth-order valence-electron chi connectivity index (χ4n) is 2.16. The number of benzene rings is 1. The van der Waals surface area contributed by atoms with Crippen molar-refractivity contribution in [1.82, 2.24) is 15.5 Å². The normalized spacial score (nSPS) is 22.1. The number of hydrogen-bond donors (Lipinski definition) is 2. The van der Waals surface area contributed by atoms with Crippen LogP contribution >= 0.6 is 0 Å². The first-order chi connectivity index (χ1) is 9.63. The van der Waals surface area contributed by atoms with Gasteiger partial charge in [0.1, 0.15) is 0 Å². The molecule has 0 saturated carbocycles. The molecule has 8 heteroatoms. The molecule has 1 aromatic carbocycles. The average Bonchev–Trinajstić information content (AvgIpc) is 3.07. The maximum atomic E-state index is 10.7. The minimum absolute atomic E-state index is 0.0248. The first kappa shape index (κ1) is 12.7. The van der Waals surface area contributed by atoms with E-state index < -0.39 is 11.0 Å². The van der Waals surface area contributed by atoms with Crippen LogP contribution in [0.15, 0.2) is 28.8 Å². The van der Waals surface area contributed by atoms with E-state index in [1.54, 1.807) is 12.1 Å². The molecule has 0 spiro atoms. The zero-order valence-corrected chi connectivity index (χ0v) is 10.4. The van der Waals surface area contributed by atoms with Crippen molar-refractivity contribution in [2.24, 2.45) is 0 Å². The van der Waals surface area contributed by atoms with E-state index in [0.717, 1.165) is 0 Å². The zero-order valence-electron chi connectivity index (χ0n) is 10.4. The molecule has 2 atom stereocenters. The molecule has 1 fully saturated rings. The Morgan fingerprint density at radius 3 is 3.05 bits per heavy atom. The summed E-state index contributed by atoms with van der Waals surface area (Å²) in [5.41, 5.74) is 0.496. The number of nitrogens with one attached hydrogen (secondary N) is 1. The molecule has 0 bridgehead atoms. The number of aliphatic hydroxyl groups excluding tert-OH is 1. The third-order valence-electron chi connectivity index (χ3n) is 3.16. The predicted octanol–water partition coefficient (Wildman–Crippen LogP) is 1.04. The van der Waals surface area contributed by atoms with Gasteiger partial charge in [-0.05, 0) is 6.42 Å². The Balaban J connectivity index is 1.86. The lowest BCUT2D eigenvalue weighted by Gasteiger charge is -2.01. The molecule has 0 amide bonds. The van der Waals surface area contributed by atoms with Gasteiger partial charge in [-0.2, -0.15) is 4.98 Å². The fourth-order valence-corrected chi connectivity index (χ4v) is 2.16. The summed E-state index contributed by atoms with van der Waals surface area (Å²) in [6.45, 7) is 0.485. The van der Waals surface area contributed by atoms with Gasteiger partial charge >= 0.3 is 0 Å². The lowest BCUT2D eigenvalue weighted by Crippen LogP contribution is -2.15. The van der Waals surface area contributed by atoms with Crippen molar-refractivity contribution >= 4 is 5.69 Å². The van der Waals surface area contributed by atoms with Gasteiger partial charge in [-0.25, -0.2) is 0 Å². The van der Waals surface area contributed by atoms with E-state index in [0.29, 0.717) is 30.2 Å². The number of non-ortho nitro benzene ring substituents is 1. The molecule has 0 radical (unpaired) electrons. The van der Waals surface area contributed by atoms with Crippen LogP contribution in [0.2, 0.25) is 0 Å². The van der Waals surface area contributed by atoms with Gasteiger partial charge in [0.05, 0.1) is 17.1 Å². The van der Waals surface area contributed by atoms with Crippen molar-refractivity contribution in [3.63, 3.8) is 0 Å². The van der Waals surface area contributed by atoms with Crippen molar-refractivity contribution in [2.75, 3.05) is 6.54 Å². The van der Waals surface area contributed by atoms with Gasteiger partial charge in [-0.1, -0.05) is 17.3 Å². The number of aromatic nitrogens is 2. The van der Waals surface area contributed by atoms with Crippen LogP contribution in [0.25, 0.3) is 11.4 Å². The first-order valence-electron chi connectivity index (χ1n) is 6.13. The van der Waals surface area contributed by atoms with Crippen molar-refractivity contribution in [3.8, 4) is 11.4 Å². The highest BCUT2D eigenvalue weighted by atomic mass is 16.6. The molecule has 1 aromatic heterocycles. The molecule has 0 unspecified atom stereocenters. The lowest BCUT2D eigenvalue weighted by atomic mass is 10.2. The summed E-state index contributed by atoms with van der Waals surface area (Å²) < 4.78 is 5.15. The maximum absolute atomic E-state index is 10.7. The number of nitro groups is 1. The molecule has 8 nitrogen and oxygen atoms in total. The Morgan fingerprint density at radius 2 is 2.35 bits per heavy atom. The Kier molecular flexibility index (Phi) is 3.17. The predicted molar refractivity (Wildman–Crippen MR) is 67.8 cm³/mol. The van der Waals surface area contributed by atoms with Crippen LogP contribution in [0.3, 0.4) is 0 Å². The topological polar surface area (TPSA) is 114 Å². The van der Waals surface area contributed by atoms with Gasteiger partial charge in [0.15, 0.2) is 0 Å². The summed E-state index contributed by atoms with van der Waals surface area (Å²) >= 11 is 0. The van der Waals surface area contributed by atoms with Crippen molar-refractivity contribution < 1.29 is 14.6 Å². The van der Waals surface area contributed by atoms with Gasteiger partial charge in [0.25, 0.3) is 5.69 Å². The minimum atomic E-state index is -0.473. The molecule has 104 valence electrons. The Labute approximate surface area is 113 Å². The molecule has 1 aliphatic heterocycles. The second kappa shape index (κ2) is 4.99. The highest BCUT2D eigenvalue weighted by Gasteiger charge is 2.28. The maximum Gasteiger partial charge on any atom is 0.270 e. The van der Waals surface area contributed by atoms with Gasteiger partial charge in [0, 0.05) is 24.2 Å². The summed E-state index contributed by atoms with van der Waals surface area (Å²) in [6, 6.07) is 5.87. The van der Waals surface area contributed by atoms with Crippen LogP contribution in [0.5, 0.6) is 0 Å². The third kappa shape index (κ3) is 2.38. The molecular weight excluding hydrogens is 264 g/mol. The molecular formula is C12H12N4O4. The van der Waals surface area contributed by atoms with Crippen LogP contribution in [0.4, 0.5) is 5.69 Å². The summed E-state index contributed by atoms with van der Waals surface area (Å²) in [7, 11) is 0. The molecule has 2 aromatic rings. The third-order valence-corrected chi connectivity index (χ3v) is 3.16. The van der Waals surface area contributed by atoms with Crippen molar-refractivity contribution in [3.05, 3.63) is 40.3 Å². The summed E-state index contributed by atoms with van der Waals surface area (Å²) in [6.07, 6.45) is 0.0875. The zero-order chi connectivity index (χ0) is 14.1. The molecule has 2 N–H and O–H groups in total. The van der Waals surface area contributed by atoms with E-state index >= 15 is 0 Å². The van der Waals surface area contributed by atoms with E-state index in [1.807, 2.05) is 0 Å². The lowest BCUT2D eigenvalue weighted by molar-refractivity contribution is -0.384. The Morgan fingerprint density at radius 1 is 1.50 bits per heavy atom. The van der Waals surface area contributed by atoms with Gasteiger partial charge in [0.2, 0.25) is 11.7 Å². The van der Waals surface area contributed by atoms with Crippen LogP contribution in [-0.4, -0.2) is 32.8 Å². The summed E-state index contributed by atoms with van der Waals surface area (Å²) in [4.78, 5) is 14.5. The Hall–Kier alpha value is -2.32. The van der Waals surface area contributed by atoms with Crippen LogP contribution in [0, 0.1) is 10.1 Å². The fraction of sp³-hybridized carbons (Fsp3) is 0.333. The second-order valence-corrected chi connectivity index (χ2v) is 4.61. The largest absolute Gasteiger partial charge is 0.392 e. The van der Waals surface area contributed by atoms with Crippen LogP contribution < -0.4 is 5.32 Å². The van der Waals surface area contributed by atoms with Crippen LogP contribution in [-0.2, 0) is 0 Å². The van der Waals surface area contributed by atoms with E-state index in [2.05, 4.69) is 15.5 Å². The standard InChI is InChI=1S/C12H12N4O4/c17-9-5-10(13-6-9)12-14-11(15-20-12)7-2-1-3-8(4-7)16(18)19/h1-4,9-10,13,17H,5-6H2/t9-,10-/m0/s1. The van der Waals surface area contributed by atoms with Crippen molar-refractivity contribution in [2.45, 2.75) is 18.6 Å². The highest BCUT2D eigenvalue weighted by Crippen LogP contribution is 2.26. The Bertz CT molecular complexity index is 642. The number of nitro benzene ring substituents is 1. The number of rotatable bonds is 3. The number of β-amino-alcohol motifs (C(OH)–C–C–N with tert-alkyl or cyclic N) is 1. The SMILES string of the molecule is O=[N+]([O-])c1cccc(-c2noc([C@@H]3C[C@H](O)CN3)n2)c1. The minimum Gasteiger partial charge on any atom is -0.392 e. The smallest absolute Gasteiger partial charge is 0.270 e. The van der Waals surface area contributed by atoms with Crippen molar-refractivity contribution in [1.29, 1.82) is 0 Å². The number of hydrogen-bond acceptors (Lipinski definition) is 7. The van der Waals surface area contributed by atoms with Gasteiger partial charge < -0.3 is 14.9 Å². The van der Waals surface area contributed by atoms with E-state index in [-0.39, 0.29) is 11.7 Å². The summed E-state index contributed by atoms with van der Waals surface area (Å²) in [5, 5.41) is 27.1. The van der Waals surface area contributed by atoms with E-state index in [1.165, 1.54) is 12.1 Å². The number of nitrogens with zero attached hydrogens (tertiary/aromatic N) is 3. The molecule has 1 aliphatic rings. The monoisotopic (exact) mass is 276 g/mol. The van der Waals surface area contributed by atoms with E-state index in [4.69, 9.17) is 4.52 Å². The quantitative estimate of drug-likeness (QED) is 0.635. The molecule has 2 heterocycles. The van der Waals surface area contributed by atoms with Crippen LogP contribution in [0.1, 0.15) is 18.4 Å². The summed E-state index contributed by atoms with van der Waals surface area (Å²) in [5.74, 6) is 0.676. The average molecular weight is 276 g/mol. The molecule has 3 rings (SSSR count).